The molecule has 0 saturated carbocycles. The number of carbonyl (C=O) groups excluding carboxylic acids is 3. The van der Waals surface area contributed by atoms with Crippen LogP contribution in [-0.4, -0.2) is 51.4 Å². The van der Waals surface area contributed by atoms with Gasteiger partial charge in [-0.15, -0.1) is 0 Å². The molecular formula is C17H22N2O4SSi. The molecule has 6 nitrogen and oxygen atoms in total. The average molecular weight is 379 g/mol. The number of β-lactam (4-membered cyclic amide) rings is 1. The molecule has 2 aliphatic heterocycles. The molecule has 134 valence electrons. The van der Waals surface area contributed by atoms with Gasteiger partial charge in [0.1, 0.15) is 11.4 Å². The Kier molecular flexibility index (Phi) is 4.13. The van der Waals surface area contributed by atoms with Crippen molar-refractivity contribution in [2.45, 2.75) is 50.3 Å². The van der Waals surface area contributed by atoms with Gasteiger partial charge in [-0.3, -0.25) is 19.3 Å². The smallest absolute Gasteiger partial charge is 0.262 e. The molecule has 3 rings (SSSR count). The molecule has 0 aliphatic carbocycles. The summed E-state index contributed by atoms with van der Waals surface area (Å²) < 4.78 is 11.5. The van der Waals surface area contributed by atoms with Crippen LogP contribution >= 0.6 is 12.0 Å². The molecule has 1 aromatic carbocycles. The van der Waals surface area contributed by atoms with E-state index in [4.69, 9.17) is 0 Å². The number of carbonyl (C=O) groups is 3. The zero-order chi connectivity index (χ0) is 18.7. The third-order valence-electron chi connectivity index (χ3n) is 5.66. The highest BCUT2D eigenvalue weighted by molar-refractivity contribution is 7.94. The second kappa shape index (κ2) is 5.68. The number of amides is 3. The Morgan fingerprint density at radius 2 is 1.52 bits per heavy atom. The first-order valence-corrected chi connectivity index (χ1v) is 11.9. The van der Waals surface area contributed by atoms with Gasteiger partial charge in [0.15, 0.2) is 8.24 Å². The maximum Gasteiger partial charge on any atom is 0.262 e. The Bertz CT molecular complexity index is 739. The summed E-state index contributed by atoms with van der Waals surface area (Å²) in [6.07, 6.45) is 0. The minimum atomic E-state index is -2.23. The molecule has 0 bridgehead atoms. The molecule has 2 atom stereocenters. The van der Waals surface area contributed by atoms with E-state index in [1.54, 1.807) is 28.8 Å². The van der Waals surface area contributed by atoms with Crippen LogP contribution in [0.25, 0.3) is 0 Å². The summed E-state index contributed by atoms with van der Waals surface area (Å²) in [5.74, 6) is -1.19. The van der Waals surface area contributed by atoms with E-state index in [1.807, 2.05) is 0 Å². The van der Waals surface area contributed by atoms with Crippen molar-refractivity contribution in [1.29, 1.82) is 0 Å². The van der Waals surface area contributed by atoms with Crippen LogP contribution in [0.5, 0.6) is 0 Å². The van der Waals surface area contributed by atoms with Crippen molar-refractivity contribution in [3.8, 4) is 0 Å². The summed E-state index contributed by atoms with van der Waals surface area (Å²) in [5.41, 5.74) is 0.625. The summed E-state index contributed by atoms with van der Waals surface area (Å²) in [5, 5.41) is -0.723. The lowest BCUT2D eigenvalue weighted by Gasteiger charge is -2.58. The third kappa shape index (κ3) is 2.38. The van der Waals surface area contributed by atoms with E-state index in [-0.39, 0.29) is 10.9 Å². The summed E-state index contributed by atoms with van der Waals surface area (Å²) in [6.45, 7) is 10.3. The second-order valence-electron chi connectivity index (χ2n) is 7.98. The first kappa shape index (κ1) is 18.2. The number of imide groups is 1. The van der Waals surface area contributed by atoms with Crippen LogP contribution in [0.3, 0.4) is 0 Å². The Balaban J connectivity index is 1.95. The van der Waals surface area contributed by atoms with Crippen LogP contribution in [0.1, 0.15) is 41.5 Å². The summed E-state index contributed by atoms with van der Waals surface area (Å²) in [4.78, 5) is 39.3. The van der Waals surface area contributed by atoms with Gasteiger partial charge in [0.25, 0.3) is 11.8 Å². The summed E-state index contributed by atoms with van der Waals surface area (Å²) in [6, 6.07) is 5.61. The van der Waals surface area contributed by atoms with Gasteiger partial charge in [0, 0.05) is 12.0 Å². The van der Waals surface area contributed by atoms with Crippen LogP contribution in [0.2, 0.25) is 18.1 Å². The summed E-state index contributed by atoms with van der Waals surface area (Å²) >= 11 is 0.538. The highest BCUT2D eigenvalue weighted by Crippen LogP contribution is 2.47. The van der Waals surface area contributed by atoms with Gasteiger partial charge in [0.2, 0.25) is 5.91 Å². The van der Waals surface area contributed by atoms with E-state index >= 15 is 0 Å². The molecular weight excluding hydrogens is 356 g/mol. The van der Waals surface area contributed by atoms with Crippen molar-refractivity contribution in [3.05, 3.63) is 35.4 Å². The maximum atomic E-state index is 12.9. The van der Waals surface area contributed by atoms with Gasteiger partial charge >= 0.3 is 0 Å². The number of hydrogen-bond donors (Lipinski definition) is 1. The van der Waals surface area contributed by atoms with E-state index in [1.165, 1.54) is 0 Å². The van der Waals surface area contributed by atoms with E-state index in [0.29, 0.717) is 23.2 Å². The van der Waals surface area contributed by atoms with Gasteiger partial charge in [-0.05, 0) is 17.2 Å². The van der Waals surface area contributed by atoms with Crippen molar-refractivity contribution in [1.82, 2.24) is 9.47 Å². The molecule has 1 N–H and O–H groups in total. The van der Waals surface area contributed by atoms with Gasteiger partial charge in [-0.2, -0.15) is 0 Å². The highest BCUT2D eigenvalue weighted by atomic mass is 32.2. The van der Waals surface area contributed by atoms with E-state index in [2.05, 4.69) is 33.9 Å². The first-order valence-electron chi connectivity index (χ1n) is 8.14. The molecule has 2 aliphatic rings. The van der Waals surface area contributed by atoms with Crippen LogP contribution in [0, 0.1) is 0 Å². The standard InChI is InChI=1S/C17H22N2O4SSi/c1-17(2,3)25(4,5)19-15(22)12(16(19)24-23)18-13(20)10-8-6-7-9-11(10)14(18)21/h6-9,12,16,23H,1-5H3/t12-,16-/m1/s1. The lowest BCUT2D eigenvalue weighted by Crippen LogP contribution is -2.78. The van der Waals surface area contributed by atoms with Crippen molar-refractivity contribution in [2.24, 2.45) is 0 Å². The molecule has 0 radical (unpaired) electrons. The number of hydrogen-bond acceptors (Lipinski definition) is 5. The number of rotatable bonds is 3. The lowest BCUT2D eigenvalue weighted by atomic mass is 10.1. The molecule has 0 spiro atoms. The third-order valence-corrected chi connectivity index (χ3v) is 11.9. The largest absolute Gasteiger partial charge is 0.352 e. The van der Waals surface area contributed by atoms with Crippen molar-refractivity contribution in [2.75, 3.05) is 0 Å². The van der Waals surface area contributed by atoms with Gasteiger partial charge < -0.3 is 9.12 Å². The SMILES string of the molecule is CC(C)(C)[Si](C)(C)N1C(=O)[C@@H](N2C(=O)c3ccccc3C2=O)[C@H]1SO. The summed E-state index contributed by atoms with van der Waals surface area (Å²) in [7, 11) is -2.23. The molecule has 1 fully saturated rings. The van der Waals surface area contributed by atoms with Crippen molar-refractivity contribution in [3.63, 3.8) is 0 Å². The van der Waals surface area contributed by atoms with Gasteiger partial charge in [0.05, 0.1) is 11.1 Å². The molecule has 25 heavy (non-hydrogen) atoms. The molecule has 0 aromatic heterocycles. The number of benzene rings is 1. The molecule has 0 unspecified atom stereocenters. The minimum Gasteiger partial charge on any atom is -0.352 e. The van der Waals surface area contributed by atoms with Crippen LogP contribution in [0.15, 0.2) is 24.3 Å². The van der Waals surface area contributed by atoms with E-state index in [0.717, 1.165) is 4.90 Å². The van der Waals surface area contributed by atoms with Crippen molar-refractivity contribution >= 4 is 38.0 Å². The van der Waals surface area contributed by atoms with E-state index in [9.17, 15) is 18.9 Å². The Hall–Kier alpha value is -1.64. The normalized spacial score (nSPS) is 23.8. The average Bonchev–Trinajstić information content (AvgIpc) is 2.77. The fraction of sp³-hybridized carbons (Fsp3) is 0.471. The second-order valence-corrected chi connectivity index (χ2v) is 13.8. The van der Waals surface area contributed by atoms with Crippen LogP contribution in [-0.2, 0) is 4.79 Å². The molecule has 3 amide bonds. The first-order chi connectivity index (χ1) is 11.5. The monoisotopic (exact) mass is 378 g/mol. The predicted octanol–water partition coefficient (Wildman–Crippen LogP) is 3.03. The minimum absolute atomic E-state index is 0.108. The fourth-order valence-electron chi connectivity index (χ4n) is 3.21. The Labute approximate surface area is 152 Å². The molecule has 1 saturated heterocycles. The predicted molar refractivity (Wildman–Crippen MR) is 98.8 cm³/mol. The topological polar surface area (TPSA) is 77.9 Å². The quantitative estimate of drug-likeness (QED) is 0.379. The lowest BCUT2D eigenvalue weighted by molar-refractivity contribution is -0.143. The van der Waals surface area contributed by atoms with E-state index < -0.39 is 31.5 Å². The van der Waals surface area contributed by atoms with Crippen LogP contribution in [0.4, 0.5) is 0 Å². The molecule has 1 aromatic rings. The fourth-order valence-corrected chi connectivity index (χ4v) is 6.87. The molecule has 2 heterocycles. The van der Waals surface area contributed by atoms with Gasteiger partial charge in [-0.25, -0.2) is 0 Å². The highest BCUT2D eigenvalue weighted by Gasteiger charge is 2.62. The Morgan fingerprint density at radius 3 is 1.92 bits per heavy atom. The zero-order valence-corrected chi connectivity index (χ0v) is 16.8. The zero-order valence-electron chi connectivity index (χ0n) is 14.9. The van der Waals surface area contributed by atoms with Crippen molar-refractivity contribution < 1.29 is 18.9 Å². The number of nitrogens with zero attached hydrogens (tertiary/aromatic N) is 2. The van der Waals surface area contributed by atoms with Crippen LogP contribution < -0.4 is 0 Å². The maximum absolute atomic E-state index is 12.9. The van der Waals surface area contributed by atoms with Gasteiger partial charge in [-0.1, -0.05) is 46.0 Å². The Morgan fingerprint density at radius 1 is 1.04 bits per heavy atom. The number of fused-ring (bicyclic) bond motifs is 1. The molecule has 8 heteroatoms.